The minimum absolute atomic E-state index is 0.261. The second-order valence-electron chi connectivity index (χ2n) is 3.94. The highest BCUT2D eigenvalue weighted by atomic mass is 32.2. The van der Waals surface area contributed by atoms with E-state index in [2.05, 4.69) is 5.32 Å². The molecule has 0 aromatic carbocycles. The van der Waals surface area contributed by atoms with Gasteiger partial charge in [0.05, 0.1) is 12.7 Å². The highest BCUT2D eigenvalue weighted by Crippen LogP contribution is 2.16. The van der Waals surface area contributed by atoms with Crippen LogP contribution in [-0.4, -0.2) is 63.8 Å². The molecule has 6 heteroatoms. The Balaban J connectivity index is 2.02. The van der Waals surface area contributed by atoms with E-state index < -0.39 is 9.84 Å². The first kappa shape index (κ1) is 10.4. The third kappa shape index (κ3) is 2.44. The predicted octanol–water partition coefficient (Wildman–Crippen LogP) is -1.34. The second-order valence-corrected chi connectivity index (χ2v) is 6.14. The fraction of sp³-hybridized carbons (Fsp3) is 1.00. The van der Waals surface area contributed by atoms with Crippen molar-refractivity contribution in [1.29, 1.82) is 0 Å². The van der Waals surface area contributed by atoms with Crippen molar-refractivity contribution in [3.8, 4) is 0 Å². The van der Waals surface area contributed by atoms with Crippen LogP contribution >= 0.6 is 0 Å². The molecule has 0 aliphatic carbocycles. The molecule has 0 spiro atoms. The Morgan fingerprint density at radius 1 is 1.57 bits per heavy atom. The van der Waals surface area contributed by atoms with E-state index in [0.29, 0.717) is 6.54 Å². The van der Waals surface area contributed by atoms with E-state index in [1.807, 2.05) is 4.90 Å². The minimum atomic E-state index is -2.99. The van der Waals surface area contributed by atoms with Crippen LogP contribution in [0.1, 0.15) is 0 Å². The van der Waals surface area contributed by atoms with E-state index >= 15 is 0 Å². The predicted molar refractivity (Wildman–Crippen MR) is 52.8 cm³/mol. The number of ether oxygens (including phenoxy) is 1. The van der Waals surface area contributed by atoms with E-state index in [1.54, 1.807) is 0 Å². The highest BCUT2D eigenvalue weighted by Gasteiger charge is 2.34. The average Bonchev–Trinajstić information content (AvgIpc) is 2.87. The molecule has 14 heavy (non-hydrogen) atoms. The Labute approximate surface area is 84.3 Å². The van der Waals surface area contributed by atoms with Crippen LogP contribution in [0.15, 0.2) is 0 Å². The third-order valence-electron chi connectivity index (χ3n) is 2.64. The first-order valence-electron chi connectivity index (χ1n) is 4.82. The molecule has 2 atom stereocenters. The van der Waals surface area contributed by atoms with E-state index in [1.165, 1.54) is 6.26 Å². The molecule has 2 heterocycles. The lowest BCUT2D eigenvalue weighted by molar-refractivity contribution is 0.192. The zero-order valence-corrected chi connectivity index (χ0v) is 9.09. The molecule has 2 aliphatic heterocycles. The van der Waals surface area contributed by atoms with Gasteiger partial charge in [-0.2, -0.15) is 0 Å². The fourth-order valence-electron chi connectivity index (χ4n) is 1.79. The molecule has 2 fully saturated rings. The van der Waals surface area contributed by atoms with Crippen molar-refractivity contribution in [3.05, 3.63) is 0 Å². The highest BCUT2D eigenvalue weighted by molar-refractivity contribution is 7.91. The summed E-state index contributed by atoms with van der Waals surface area (Å²) < 4.78 is 28.1. The summed E-state index contributed by atoms with van der Waals surface area (Å²) in [5, 5.41) is 2.73. The topological polar surface area (TPSA) is 61.9 Å². The zero-order chi connectivity index (χ0) is 10.2. The lowest BCUT2D eigenvalue weighted by Crippen LogP contribution is -2.55. The Hall–Kier alpha value is -0.170. The molecule has 82 valence electrons. The van der Waals surface area contributed by atoms with Crippen LogP contribution in [0.3, 0.4) is 0 Å². The maximum atomic E-state index is 11.5. The maximum Gasteiger partial charge on any atom is 0.164 e. The van der Waals surface area contributed by atoms with Crippen molar-refractivity contribution < 1.29 is 13.2 Å². The van der Waals surface area contributed by atoms with E-state index in [0.717, 1.165) is 26.2 Å². The van der Waals surface area contributed by atoms with Crippen LogP contribution in [-0.2, 0) is 14.6 Å². The Morgan fingerprint density at radius 3 is 2.86 bits per heavy atom. The summed E-state index contributed by atoms with van der Waals surface area (Å²) in [5.41, 5.74) is 0. The summed E-state index contributed by atoms with van der Waals surface area (Å²) in [6.45, 7) is 3.71. The number of hydrogen-bond donors (Lipinski definition) is 1. The molecule has 5 nitrogen and oxygen atoms in total. The monoisotopic (exact) mass is 220 g/mol. The smallest absolute Gasteiger partial charge is 0.164 e. The van der Waals surface area contributed by atoms with Gasteiger partial charge in [0.1, 0.15) is 5.37 Å². The number of nitrogens with one attached hydrogen (secondary N) is 1. The summed E-state index contributed by atoms with van der Waals surface area (Å²) in [4.78, 5) is 2.00. The summed E-state index contributed by atoms with van der Waals surface area (Å²) in [7, 11) is -2.99. The Bertz CT molecular complexity index is 300. The summed E-state index contributed by atoms with van der Waals surface area (Å²) in [5.74, 6) is 0. The summed E-state index contributed by atoms with van der Waals surface area (Å²) in [6.07, 6.45) is 1.56. The molecule has 0 radical (unpaired) electrons. The number of nitrogens with zero attached hydrogens (tertiary/aromatic N) is 1. The number of hydrogen-bond acceptors (Lipinski definition) is 5. The van der Waals surface area contributed by atoms with Gasteiger partial charge < -0.3 is 10.1 Å². The third-order valence-corrected chi connectivity index (χ3v) is 4.09. The van der Waals surface area contributed by atoms with Crippen LogP contribution in [0.25, 0.3) is 0 Å². The van der Waals surface area contributed by atoms with Crippen molar-refractivity contribution in [2.75, 3.05) is 39.0 Å². The first-order valence-corrected chi connectivity index (χ1v) is 6.78. The normalized spacial score (nSPS) is 34.4. The van der Waals surface area contributed by atoms with Crippen molar-refractivity contribution in [2.24, 2.45) is 0 Å². The molecule has 2 unspecified atom stereocenters. The van der Waals surface area contributed by atoms with Gasteiger partial charge >= 0.3 is 0 Å². The molecule has 2 saturated heterocycles. The second kappa shape index (κ2) is 3.77. The van der Waals surface area contributed by atoms with E-state index in [9.17, 15) is 8.42 Å². The van der Waals surface area contributed by atoms with Gasteiger partial charge in [0.2, 0.25) is 0 Å². The summed E-state index contributed by atoms with van der Waals surface area (Å²) in [6, 6.07) is 0. The van der Waals surface area contributed by atoms with Crippen LogP contribution in [0, 0.1) is 0 Å². The van der Waals surface area contributed by atoms with Gasteiger partial charge in [0.15, 0.2) is 9.84 Å². The van der Waals surface area contributed by atoms with Gasteiger partial charge in [-0.05, 0) is 0 Å². The van der Waals surface area contributed by atoms with Crippen LogP contribution in [0.4, 0.5) is 0 Å². The molecule has 1 N–H and O–H groups in total. The van der Waals surface area contributed by atoms with Crippen molar-refractivity contribution in [1.82, 2.24) is 10.2 Å². The zero-order valence-electron chi connectivity index (χ0n) is 8.27. The largest absolute Gasteiger partial charge is 0.372 e. The van der Waals surface area contributed by atoms with Crippen LogP contribution < -0.4 is 5.32 Å². The van der Waals surface area contributed by atoms with Gasteiger partial charge in [-0.1, -0.05) is 0 Å². The molecule has 2 rings (SSSR count). The Kier molecular flexibility index (Phi) is 2.79. The quantitative estimate of drug-likeness (QED) is 0.597. The SMILES string of the molecule is CS(=O)(=O)C1CNCCN1CC1CO1. The van der Waals surface area contributed by atoms with Crippen molar-refractivity contribution in [3.63, 3.8) is 0 Å². The lowest BCUT2D eigenvalue weighted by atomic mass is 10.3. The molecular formula is C8H16N2O3S. The van der Waals surface area contributed by atoms with Gasteiger partial charge in [0.25, 0.3) is 0 Å². The Morgan fingerprint density at radius 2 is 2.29 bits per heavy atom. The van der Waals surface area contributed by atoms with Crippen LogP contribution in [0.5, 0.6) is 0 Å². The molecular weight excluding hydrogens is 204 g/mol. The number of rotatable bonds is 3. The summed E-state index contributed by atoms with van der Waals surface area (Å²) >= 11 is 0. The molecule has 0 amide bonds. The number of epoxide rings is 1. The van der Waals surface area contributed by atoms with Crippen LogP contribution in [0.2, 0.25) is 0 Å². The lowest BCUT2D eigenvalue weighted by Gasteiger charge is -2.34. The van der Waals surface area contributed by atoms with E-state index in [4.69, 9.17) is 4.74 Å². The molecule has 0 aromatic rings. The molecule has 0 saturated carbocycles. The van der Waals surface area contributed by atoms with Gasteiger partial charge in [0, 0.05) is 32.4 Å². The van der Waals surface area contributed by atoms with Crippen molar-refractivity contribution >= 4 is 9.84 Å². The number of piperazine rings is 1. The minimum Gasteiger partial charge on any atom is -0.372 e. The van der Waals surface area contributed by atoms with Gasteiger partial charge in [-0.25, -0.2) is 8.42 Å². The van der Waals surface area contributed by atoms with E-state index in [-0.39, 0.29) is 11.5 Å². The first-order chi connectivity index (χ1) is 6.57. The van der Waals surface area contributed by atoms with Gasteiger partial charge in [-0.15, -0.1) is 0 Å². The maximum absolute atomic E-state index is 11.5. The standard InChI is InChI=1S/C8H16N2O3S/c1-14(11,12)8-4-9-2-3-10(8)5-7-6-13-7/h7-9H,2-6H2,1H3. The fourth-order valence-corrected chi connectivity index (χ4v) is 2.94. The average molecular weight is 220 g/mol. The number of sulfone groups is 1. The molecule has 0 bridgehead atoms. The molecule has 0 aromatic heterocycles. The van der Waals surface area contributed by atoms with Crippen molar-refractivity contribution in [2.45, 2.75) is 11.5 Å². The van der Waals surface area contributed by atoms with Gasteiger partial charge in [-0.3, -0.25) is 4.90 Å². The molecule has 2 aliphatic rings.